The topological polar surface area (TPSA) is 35.5 Å². The Morgan fingerprint density at radius 1 is 1.00 bits per heavy atom. The Kier molecular flexibility index (Phi) is 4.11. The number of fused-ring (bicyclic) bond motifs is 1. The van der Waals surface area contributed by atoms with E-state index in [1.54, 1.807) is 30.3 Å². The van der Waals surface area contributed by atoms with Crippen LogP contribution < -0.4 is 9.47 Å². The lowest BCUT2D eigenvalue weighted by Crippen LogP contribution is -2.16. The molecule has 21 heavy (non-hydrogen) atoms. The monoisotopic (exact) mass is 386 g/mol. The number of benzene rings is 2. The molecule has 108 valence electrons. The minimum Gasteiger partial charge on any atom is -0.486 e. The Labute approximate surface area is 139 Å². The Bertz CT molecular complexity index is 731. The molecule has 0 radical (unpaired) electrons. The smallest absolute Gasteiger partial charge is 0.195 e. The van der Waals surface area contributed by atoms with Gasteiger partial charge in [0.2, 0.25) is 0 Å². The lowest BCUT2D eigenvalue weighted by Gasteiger charge is -2.19. The maximum Gasteiger partial charge on any atom is 0.195 e. The van der Waals surface area contributed by atoms with E-state index in [4.69, 9.17) is 32.7 Å². The summed E-state index contributed by atoms with van der Waals surface area (Å²) in [6.07, 6.45) is 0. The first-order chi connectivity index (χ1) is 10.1. The van der Waals surface area contributed by atoms with Crippen LogP contribution in [0.15, 0.2) is 34.8 Å². The van der Waals surface area contributed by atoms with Gasteiger partial charge in [0.1, 0.15) is 13.2 Å². The van der Waals surface area contributed by atoms with Gasteiger partial charge in [0.05, 0.1) is 5.02 Å². The standard InChI is InChI=1S/C15H9BrCl2O3/c16-11-7-14-13(20-3-4-21-14)6-9(11)15(19)10-5-8(17)1-2-12(10)18/h1-2,5-7H,3-4H2. The highest BCUT2D eigenvalue weighted by atomic mass is 79.9. The summed E-state index contributed by atoms with van der Waals surface area (Å²) in [6, 6.07) is 8.16. The average Bonchev–Trinajstić information content (AvgIpc) is 2.48. The van der Waals surface area contributed by atoms with Gasteiger partial charge in [-0.2, -0.15) is 0 Å². The van der Waals surface area contributed by atoms with Gasteiger partial charge >= 0.3 is 0 Å². The second-order valence-corrected chi connectivity index (χ2v) is 6.13. The van der Waals surface area contributed by atoms with Crippen molar-refractivity contribution in [3.8, 4) is 11.5 Å². The van der Waals surface area contributed by atoms with Crippen molar-refractivity contribution in [3.05, 3.63) is 56.0 Å². The number of hydrogen-bond donors (Lipinski definition) is 0. The van der Waals surface area contributed by atoms with Gasteiger partial charge in [0, 0.05) is 20.6 Å². The third-order valence-electron chi connectivity index (χ3n) is 3.05. The molecule has 0 aliphatic carbocycles. The molecule has 3 rings (SSSR count). The van der Waals surface area contributed by atoms with E-state index in [2.05, 4.69) is 15.9 Å². The molecule has 0 saturated heterocycles. The summed E-state index contributed by atoms with van der Waals surface area (Å²) in [5, 5.41) is 0.808. The van der Waals surface area contributed by atoms with Crippen molar-refractivity contribution in [1.29, 1.82) is 0 Å². The summed E-state index contributed by atoms with van der Waals surface area (Å²) in [7, 11) is 0. The molecule has 2 aromatic carbocycles. The molecule has 0 atom stereocenters. The van der Waals surface area contributed by atoms with E-state index in [-0.39, 0.29) is 5.78 Å². The summed E-state index contributed by atoms with van der Waals surface area (Å²) in [4.78, 5) is 12.7. The molecular weight excluding hydrogens is 379 g/mol. The van der Waals surface area contributed by atoms with Gasteiger partial charge in [-0.3, -0.25) is 4.79 Å². The van der Waals surface area contributed by atoms with Crippen LogP contribution >= 0.6 is 39.1 Å². The molecule has 6 heteroatoms. The van der Waals surface area contributed by atoms with Crippen molar-refractivity contribution in [1.82, 2.24) is 0 Å². The van der Waals surface area contributed by atoms with Crippen LogP contribution in [-0.4, -0.2) is 19.0 Å². The number of ether oxygens (including phenoxy) is 2. The maximum atomic E-state index is 12.7. The van der Waals surface area contributed by atoms with Crippen molar-refractivity contribution >= 4 is 44.9 Å². The van der Waals surface area contributed by atoms with Crippen LogP contribution in [0.4, 0.5) is 0 Å². The zero-order valence-electron chi connectivity index (χ0n) is 10.7. The molecule has 0 N–H and O–H groups in total. The van der Waals surface area contributed by atoms with Crippen molar-refractivity contribution in [2.45, 2.75) is 0 Å². The average molecular weight is 388 g/mol. The van der Waals surface area contributed by atoms with Crippen LogP contribution in [0.2, 0.25) is 10.0 Å². The summed E-state index contributed by atoms with van der Waals surface area (Å²) in [6.45, 7) is 0.951. The highest BCUT2D eigenvalue weighted by Gasteiger charge is 2.21. The molecule has 0 saturated carbocycles. The number of carbonyl (C=O) groups excluding carboxylic acids is 1. The van der Waals surface area contributed by atoms with Crippen molar-refractivity contribution < 1.29 is 14.3 Å². The van der Waals surface area contributed by atoms with Gasteiger partial charge < -0.3 is 9.47 Å². The van der Waals surface area contributed by atoms with E-state index in [1.807, 2.05) is 0 Å². The number of carbonyl (C=O) groups is 1. The first-order valence-corrected chi connectivity index (χ1v) is 7.70. The molecule has 2 aromatic rings. The zero-order valence-corrected chi connectivity index (χ0v) is 13.8. The number of hydrogen-bond acceptors (Lipinski definition) is 3. The number of ketones is 1. The quantitative estimate of drug-likeness (QED) is 0.697. The Morgan fingerprint density at radius 2 is 1.67 bits per heavy atom. The van der Waals surface area contributed by atoms with Gasteiger partial charge in [0.25, 0.3) is 0 Å². The molecule has 1 aliphatic rings. The molecule has 1 aliphatic heterocycles. The zero-order chi connectivity index (χ0) is 15.0. The van der Waals surface area contributed by atoms with Crippen LogP contribution in [0, 0.1) is 0 Å². The second-order valence-electron chi connectivity index (χ2n) is 4.43. The Hall–Kier alpha value is -1.23. The van der Waals surface area contributed by atoms with Crippen molar-refractivity contribution in [3.63, 3.8) is 0 Å². The normalized spacial score (nSPS) is 13.1. The fourth-order valence-corrected chi connectivity index (χ4v) is 2.93. The molecular formula is C15H9BrCl2O3. The molecule has 3 nitrogen and oxygen atoms in total. The maximum absolute atomic E-state index is 12.7. The lowest BCUT2D eigenvalue weighted by atomic mass is 10.0. The van der Waals surface area contributed by atoms with Gasteiger partial charge in [-0.1, -0.05) is 23.2 Å². The van der Waals surface area contributed by atoms with Crippen molar-refractivity contribution in [2.24, 2.45) is 0 Å². The fourth-order valence-electron chi connectivity index (χ4n) is 2.05. The number of halogens is 3. The third-order valence-corrected chi connectivity index (χ3v) is 4.27. The third kappa shape index (κ3) is 2.89. The first kappa shape index (κ1) is 14.7. The molecule has 0 spiro atoms. The van der Waals surface area contributed by atoms with E-state index >= 15 is 0 Å². The SMILES string of the molecule is O=C(c1cc(Cl)ccc1Cl)c1cc2c(cc1Br)OCCO2. The first-order valence-electron chi connectivity index (χ1n) is 6.15. The van der Waals surface area contributed by atoms with E-state index in [0.717, 1.165) is 0 Å². The molecule has 0 unspecified atom stereocenters. The highest BCUT2D eigenvalue weighted by Crippen LogP contribution is 2.37. The van der Waals surface area contributed by atoms with Crippen LogP contribution in [-0.2, 0) is 0 Å². The highest BCUT2D eigenvalue weighted by molar-refractivity contribution is 9.10. The minimum absolute atomic E-state index is 0.230. The summed E-state index contributed by atoms with van der Waals surface area (Å²) in [5.74, 6) is 0.930. The Morgan fingerprint density at radius 3 is 2.38 bits per heavy atom. The van der Waals surface area contributed by atoms with E-state index < -0.39 is 0 Å². The molecule has 1 heterocycles. The molecule has 0 fully saturated rings. The Balaban J connectivity index is 2.07. The predicted molar refractivity (Wildman–Crippen MR) is 85.0 cm³/mol. The summed E-state index contributed by atoms with van der Waals surface area (Å²) < 4.78 is 11.6. The predicted octanol–water partition coefficient (Wildman–Crippen LogP) is 4.76. The second kappa shape index (κ2) is 5.87. The van der Waals surface area contributed by atoms with Gasteiger partial charge in [0.15, 0.2) is 17.3 Å². The van der Waals surface area contributed by atoms with E-state index in [0.29, 0.717) is 50.4 Å². The van der Waals surface area contributed by atoms with E-state index in [9.17, 15) is 4.79 Å². The van der Waals surface area contributed by atoms with E-state index in [1.165, 1.54) is 0 Å². The van der Waals surface area contributed by atoms with Crippen LogP contribution in [0.3, 0.4) is 0 Å². The molecule has 0 bridgehead atoms. The van der Waals surface area contributed by atoms with Gasteiger partial charge in [-0.05, 0) is 46.3 Å². The molecule has 0 aromatic heterocycles. The van der Waals surface area contributed by atoms with Gasteiger partial charge in [-0.15, -0.1) is 0 Å². The summed E-state index contributed by atoms with van der Waals surface area (Å²) in [5.41, 5.74) is 0.796. The minimum atomic E-state index is -0.230. The molecule has 0 amide bonds. The van der Waals surface area contributed by atoms with Crippen LogP contribution in [0.5, 0.6) is 11.5 Å². The van der Waals surface area contributed by atoms with Crippen LogP contribution in [0.1, 0.15) is 15.9 Å². The lowest BCUT2D eigenvalue weighted by molar-refractivity contribution is 0.103. The number of rotatable bonds is 2. The fraction of sp³-hybridized carbons (Fsp3) is 0.133. The summed E-state index contributed by atoms with van der Waals surface area (Å²) >= 11 is 15.4. The van der Waals surface area contributed by atoms with Crippen molar-refractivity contribution in [2.75, 3.05) is 13.2 Å². The van der Waals surface area contributed by atoms with Crippen LogP contribution in [0.25, 0.3) is 0 Å². The largest absolute Gasteiger partial charge is 0.486 e. The van der Waals surface area contributed by atoms with Gasteiger partial charge in [-0.25, -0.2) is 0 Å².